The van der Waals surface area contributed by atoms with E-state index in [1.165, 1.54) is 36.1 Å². The first-order valence-corrected chi connectivity index (χ1v) is 10.3. The molecule has 144 valence electrons. The molecule has 2 heterocycles. The van der Waals surface area contributed by atoms with Gasteiger partial charge in [0.05, 0.1) is 5.69 Å². The van der Waals surface area contributed by atoms with Gasteiger partial charge in [0.2, 0.25) is 0 Å². The third-order valence-electron chi connectivity index (χ3n) is 5.92. The van der Waals surface area contributed by atoms with Crippen molar-refractivity contribution >= 4 is 11.4 Å². The molecule has 0 aromatic heterocycles. The molecule has 1 N–H and O–H groups in total. The Morgan fingerprint density at radius 1 is 0.778 bits per heavy atom. The smallest absolute Gasteiger partial charge is 0.139 e. The second-order valence-electron chi connectivity index (χ2n) is 7.97. The molecule has 0 aliphatic carbocycles. The summed E-state index contributed by atoms with van der Waals surface area (Å²) < 4.78 is 0. The van der Waals surface area contributed by atoms with Gasteiger partial charge in [-0.05, 0) is 49.9 Å². The highest BCUT2D eigenvalue weighted by Gasteiger charge is 2.21. The molecule has 0 saturated carbocycles. The van der Waals surface area contributed by atoms with E-state index in [0.29, 0.717) is 5.75 Å². The van der Waals surface area contributed by atoms with Gasteiger partial charge in [-0.1, -0.05) is 29.8 Å². The normalized spacial score (nSPS) is 18.7. The van der Waals surface area contributed by atoms with E-state index in [0.717, 1.165) is 51.5 Å². The molecule has 2 saturated heterocycles. The van der Waals surface area contributed by atoms with Crippen LogP contribution in [0.25, 0.3) is 0 Å². The van der Waals surface area contributed by atoms with Crippen molar-refractivity contribution in [1.82, 2.24) is 4.90 Å². The van der Waals surface area contributed by atoms with Gasteiger partial charge in [-0.2, -0.15) is 0 Å². The molecule has 4 rings (SSSR count). The van der Waals surface area contributed by atoms with E-state index in [1.807, 2.05) is 6.07 Å². The van der Waals surface area contributed by atoms with E-state index < -0.39 is 0 Å². The molecule has 2 aliphatic heterocycles. The minimum absolute atomic E-state index is 0.405. The lowest BCUT2D eigenvalue weighted by Crippen LogP contribution is -2.46. The predicted octanol–water partition coefficient (Wildman–Crippen LogP) is 4.01. The Hall–Kier alpha value is -2.20. The van der Waals surface area contributed by atoms with Gasteiger partial charge in [0.1, 0.15) is 5.75 Å². The second-order valence-corrected chi connectivity index (χ2v) is 7.97. The van der Waals surface area contributed by atoms with Crippen LogP contribution in [0.1, 0.15) is 30.4 Å². The van der Waals surface area contributed by atoms with Crippen molar-refractivity contribution in [2.24, 2.45) is 0 Å². The van der Waals surface area contributed by atoms with Crippen molar-refractivity contribution in [3.05, 3.63) is 53.6 Å². The van der Waals surface area contributed by atoms with Gasteiger partial charge in [-0.25, -0.2) is 0 Å². The predicted molar refractivity (Wildman–Crippen MR) is 113 cm³/mol. The van der Waals surface area contributed by atoms with Gasteiger partial charge >= 0.3 is 0 Å². The first-order valence-electron chi connectivity index (χ1n) is 10.3. The summed E-state index contributed by atoms with van der Waals surface area (Å²) in [4.78, 5) is 7.31. The van der Waals surface area contributed by atoms with Gasteiger partial charge in [-0.15, -0.1) is 0 Å². The van der Waals surface area contributed by atoms with Crippen molar-refractivity contribution in [2.75, 3.05) is 49.1 Å². The first kappa shape index (κ1) is 18.2. The maximum absolute atomic E-state index is 10.4. The summed E-state index contributed by atoms with van der Waals surface area (Å²) in [6, 6.07) is 15.0. The standard InChI is InChI=1S/C23H31N3O/c1-19-5-7-20(8-6-19)18-24-13-15-26(16-14-24)22-17-21(9-10-23(22)27)25-11-3-2-4-12-25/h5-10,17,27H,2-4,11-16,18H2,1H3. The summed E-state index contributed by atoms with van der Waals surface area (Å²) in [6.45, 7) is 9.39. The van der Waals surface area contributed by atoms with Crippen molar-refractivity contribution < 1.29 is 5.11 Å². The van der Waals surface area contributed by atoms with E-state index in [9.17, 15) is 5.11 Å². The number of phenolic OH excluding ortho intramolecular Hbond substituents is 1. The summed E-state index contributed by atoms with van der Waals surface area (Å²) in [6.07, 6.45) is 3.88. The zero-order valence-electron chi connectivity index (χ0n) is 16.4. The average molecular weight is 366 g/mol. The van der Waals surface area contributed by atoms with Crippen LogP contribution in [0, 0.1) is 6.92 Å². The van der Waals surface area contributed by atoms with Gasteiger partial charge in [0.25, 0.3) is 0 Å². The van der Waals surface area contributed by atoms with Crippen LogP contribution in [0.2, 0.25) is 0 Å². The van der Waals surface area contributed by atoms with Crippen molar-refractivity contribution in [3.63, 3.8) is 0 Å². The van der Waals surface area contributed by atoms with Crippen LogP contribution < -0.4 is 9.80 Å². The lowest BCUT2D eigenvalue weighted by atomic mass is 10.1. The van der Waals surface area contributed by atoms with Crippen LogP contribution in [-0.4, -0.2) is 49.3 Å². The minimum Gasteiger partial charge on any atom is -0.506 e. The van der Waals surface area contributed by atoms with Gasteiger partial charge in [-0.3, -0.25) is 4.90 Å². The molecule has 2 aliphatic rings. The van der Waals surface area contributed by atoms with Crippen LogP contribution in [-0.2, 0) is 6.54 Å². The van der Waals surface area contributed by atoms with Crippen molar-refractivity contribution in [2.45, 2.75) is 32.7 Å². The summed E-state index contributed by atoms with van der Waals surface area (Å²) in [7, 11) is 0. The molecule has 0 spiro atoms. The maximum Gasteiger partial charge on any atom is 0.139 e. The summed E-state index contributed by atoms with van der Waals surface area (Å²) >= 11 is 0. The molecule has 0 atom stereocenters. The zero-order valence-corrected chi connectivity index (χ0v) is 16.4. The number of aromatic hydroxyl groups is 1. The number of aryl methyl sites for hydroxylation is 1. The maximum atomic E-state index is 10.4. The topological polar surface area (TPSA) is 30.0 Å². The third-order valence-corrected chi connectivity index (χ3v) is 5.92. The molecule has 2 aromatic carbocycles. The van der Waals surface area contributed by atoms with Gasteiger partial charge in [0.15, 0.2) is 0 Å². The summed E-state index contributed by atoms with van der Waals surface area (Å²) in [5.41, 5.74) is 4.94. The Bertz CT molecular complexity index is 745. The number of phenols is 1. The monoisotopic (exact) mass is 365 g/mol. The molecule has 4 heteroatoms. The Labute approximate surface area is 163 Å². The third kappa shape index (κ3) is 4.38. The quantitative estimate of drug-likeness (QED) is 0.887. The number of anilines is 2. The number of hydrogen-bond donors (Lipinski definition) is 1. The number of piperazine rings is 1. The molecule has 0 bridgehead atoms. The molecule has 0 amide bonds. The summed E-state index contributed by atoms with van der Waals surface area (Å²) in [5.74, 6) is 0.405. The van der Waals surface area contributed by atoms with Crippen LogP contribution in [0.15, 0.2) is 42.5 Å². The fourth-order valence-corrected chi connectivity index (χ4v) is 4.21. The zero-order chi connectivity index (χ0) is 18.6. The Morgan fingerprint density at radius 2 is 1.48 bits per heavy atom. The first-order chi connectivity index (χ1) is 13.2. The molecule has 2 aromatic rings. The molecule has 0 radical (unpaired) electrons. The number of benzene rings is 2. The molecular weight excluding hydrogens is 334 g/mol. The van der Waals surface area contributed by atoms with E-state index in [-0.39, 0.29) is 0 Å². The van der Waals surface area contributed by atoms with Crippen LogP contribution >= 0.6 is 0 Å². The number of rotatable bonds is 4. The molecule has 27 heavy (non-hydrogen) atoms. The largest absolute Gasteiger partial charge is 0.506 e. The Morgan fingerprint density at radius 3 is 2.19 bits per heavy atom. The fourth-order valence-electron chi connectivity index (χ4n) is 4.21. The Balaban J connectivity index is 1.39. The van der Waals surface area contributed by atoms with Crippen molar-refractivity contribution in [1.29, 1.82) is 0 Å². The van der Waals surface area contributed by atoms with Gasteiger partial charge in [0, 0.05) is 51.5 Å². The fraction of sp³-hybridized carbons (Fsp3) is 0.478. The van der Waals surface area contributed by atoms with E-state index in [4.69, 9.17) is 0 Å². The number of nitrogens with zero attached hydrogens (tertiary/aromatic N) is 3. The van der Waals surface area contributed by atoms with E-state index in [2.05, 4.69) is 58.0 Å². The molecule has 2 fully saturated rings. The highest BCUT2D eigenvalue weighted by atomic mass is 16.3. The lowest BCUT2D eigenvalue weighted by molar-refractivity contribution is 0.249. The highest BCUT2D eigenvalue weighted by Crippen LogP contribution is 2.33. The number of hydrogen-bond acceptors (Lipinski definition) is 4. The molecular formula is C23H31N3O. The SMILES string of the molecule is Cc1ccc(CN2CCN(c3cc(N4CCCCC4)ccc3O)CC2)cc1. The molecule has 4 nitrogen and oxygen atoms in total. The van der Waals surface area contributed by atoms with Crippen LogP contribution in [0.4, 0.5) is 11.4 Å². The second kappa shape index (κ2) is 8.22. The minimum atomic E-state index is 0.405. The molecule has 0 unspecified atom stereocenters. The van der Waals surface area contributed by atoms with Gasteiger partial charge < -0.3 is 14.9 Å². The van der Waals surface area contributed by atoms with Crippen LogP contribution in [0.3, 0.4) is 0 Å². The van der Waals surface area contributed by atoms with E-state index >= 15 is 0 Å². The Kier molecular flexibility index (Phi) is 5.53. The highest BCUT2D eigenvalue weighted by molar-refractivity contribution is 5.67. The van der Waals surface area contributed by atoms with E-state index in [1.54, 1.807) is 0 Å². The lowest BCUT2D eigenvalue weighted by Gasteiger charge is -2.37. The number of piperidine rings is 1. The average Bonchev–Trinajstić information content (AvgIpc) is 2.71. The summed E-state index contributed by atoms with van der Waals surface area (Å²) in [5, 5.41) is 10.4. The van der Waals surface area contributed by atoms with Crippen molar-refractivity contribution in [3.8, 4) is 5.75 Å². The van der Waals surface area contributed by atoms with Crippen LogP contribution in [0.5, 0.6) is 5.75 Å².